The molecule has 1 aromatic carbocycles. The van der Waals surface area contributed by atoms with Crippen molar-refractivity contribution in [3.63, 3.8) is 0 Å². The first-order chi connectivity index (χ1) is 9.95. The molecule has 0 bridgehead atoms. The summed E-state index contributed by atoms with van der Waals surface area (Å²) in [5.41, 5.74) is 0.840. The molecule has 2 heterocycles. The lowest BCUT2D eigenvalue weighted by molar-refractivity contribution is -0.170. The van der Waals surface area contributed by atoms with Crippen molar-refractivity contribution in [3.8, 4) is 5.75 Å². The molecule has 0 saturated carbocycles. The molecule has 0 saturated heterocycles. The van der Waals surface area contributed by atoms with E-state index in [0.717, 1.165) is 5.56 Å². The lowest BCUT2D eigenvalue weighted by atomic mass is 10.0. The summed E-state index contributed by atoms with van der Waals surface area (Å²) in [7, 11) is 0. The van der Waals surface area contributed by atoms with Crippen LogP contribution in [0.1, 0.15) is 23.2 Å². The van der Waals surface area contributed by atoms with E-state index in [2.05, 4.69) is 10.1 Å². The molecule has 1 atom stereocenters. The summed E-state index contributed by atoms with van der Waals surface area (Å²) in [6.45, 7) is 0.283. The normalized spacial score (nSPS) is 17.4. The maximum Gasteiger partial charge on any atom is 0.450 e. The van der Waals surface area contributed by atoms with Gasteiger partial charge in [-0.25, -0.2) is 0 Å². The van der Waals surface area contributed by atoms with Gasteiger partial charge in [-0.2, -0.15) is 18.2 Å². The van der Waals surface area contributed by atoms with Crippen LogP contribution in [0.3, 0.4) is 0 Å². The van der Waals surface area contributed by atoms with E-state index < -0.39 is 18.4 Å². The molecule has 110 valence electrons. The summed E-state index contributed by atoms with van der Waals surface area (Å²) in [5, 5.41) is 3.65. The zero-order valence-electron chi connectivity index (χ0n) is 10.6. The average molecular weight is 298 g/mol. The number of carbonyl (C=O) groups is 1. The zero-order chi connectivity index (χ0) is 15.0. The second-order valence-electron chi connectivity index (χ2n) is 4.55. The molecule has 1 aliphatic heterocycles. The number of aromatic nitrogens is 2. The van der Waals surface area contributed by atoms with Crippen molar-refractivity contribution in [2.75, 3.05) is 6.61 Å². The van der Waals surface area contributed by atoms with E-state index in [1.807, 2.05) is 18.2 Å². The predicted molar refractivity (Wildman–Crippen MR) is 62.8 cm³/mol. The third kappa shape index (κ3) is 2.61. The molecule has 1 unspecified atom stereocenters. The Morgan fingerprint density at radius 2 is 2.10 bits per heavy atom. The minimum Gasteiger partial charge on any atom is -0.492 e. The van der Waals surface area contributed by atoms with Gasteiger partial charge < -0.3 is 9.26 Å². The highest BCUT2D eigenvalue weighted by Gasteiger charge is 2.39. The molecule has 3 rings (SSSR count). The van der Waals surface area contributed by atoms with Crippen molar-refractivity contribution in [1.29, 1.82) is 0 Å². The third-order valence-corrected chi connectivity index (χ3v) is 3.12. The molecule has 5 nitrogen and oxygen atoms in total. The quantitative estimate of drug-likeness (QED) is 0.869. The number of alkyl halides is 3. The van der Waals surface area contributed by atoms with E-state index in [9.17, 15) is 18.0 Å². The SMILES string of the molecule is O=C(Cc1nc(C2COc3ccccc32)no1)C(F)(F)F. The molecular weight excluding hydrogens is 289 g/mol. The standard InChI is InChI=1S/C13H9F3N2O3/c14-13(15,16)10(19)5-11-17-12(18-21-11)8-6-20-9-4-2-1-3-7(8)9/h1-4,8H,5-6H2. The van der Waals surface area contributed by atoms with Crippen molar-refractivity contribution in [3.05, 3.63) is 41.5 Å². The van der Waals surface area contributed by atoms with Crippen LogP contribution in [0.25, 0.3) is 0 Å². The van der Waals surface area contributed by atoms with Gasteiger partial charge in [0.2, 0.25) is 11.7 Å². The predicted octanol–water partition coefficient (Wildman–Crippen LogP) is 2.27. The number of para-hydroxylation sites is 1. The Morgan fingerprint density at radius 3 is 2.86 bits per heavy atom. The summed E-state index contributed by atoms with van der Waals surface area (Å²) >= 11 is 0. The Balaban J connectivity index is 1.79. The van der Waals surface area contributed by atoms with Crippen LogP contribution in [0.2, 0.25) is 0 Å². The number of nitrogens with zero attached hydrogens (tertiary/aromatic N) is 2. The molecule has 2 aromatic rings. The molecule has 8 heteroatoms. The van der Waals surface area contributed by atoms with Crippen molar-refractivity contribution >= 4 is 5.78 Å². The van der Waals surface area contributed by atoms with Crippen molar-refractivity contribution in [2.45, 2.75) is 18.5 Å². The summed E-state index contributed by atoms with van der Waals surface area (Å²) in [6, 6.07) is 7.23. The first-order valence-corrected chi connectivity index (χ1v) is 6.09. The second-order valence-corrected chi connectivity index (χ2v) is 4.55. The van der Waals surface area contributed by atoms with Crippen molar-refractivity contribution in [2.24, 2.45) is 0 Å². The van der Waals surface area contributed by atoms with Crippen LogP contribution >= 0.6 is 0 Å². The van der Waals surface area contributed by atoms with Crippen LogP contribution in [0.4, 0.5) is 13.2 Å². The first-order valence-electron chi connectivity index (χ1n) is 6.09. The van der Waals surface area contributed by atoms with Crippen LogP contribution in [0.15, 0.2) is 28.8 Å². The van der Waals surface area contributed by atoms with E-state index in [1.165, 1.54) is 0 Å². The Morgan fingerprint density at radius 1 is 1.33 bits per heavy atom. The van der Waals surface area contributed by atoms with Gasteiger partial charge >= 0.3 is 6.18 Å². The van der Waals surface area contributed by atoms with Crippen molar-refractivity contribution in [1.82, 2.24) is 10.1 Å². The molecular formula is C13H9F3N2O3. The lowest BCUT2D eigenvalue weighted by Crippen LogP contribution is -2.24. The molecule has 0 amide bonds. The van der Waals surface area contributed by atoms with E-state index in [1.54, 1.807) is 6.07 Å². The highest BCUT2D eigenvalue weighted by molar-refractivity contribution is 5.85. The number of hydrogen-bond donors (Lipinski definition) is 0. The van der Waals surface area contributed by atoms with Gasteiger partial charge in [0.25, 0.3) is 0 Å². The smallest absolute Gasteiger partial charge is 0.450 e. The Labute approximate surface area is 116 Å². The van der Waals surface area contributed by atoms with Gasteiger partial charge in [0.05, 0.1) is 12.3 Å². The Kier molecular flexibility index (Phi) is 3.15. The average Bonchev–Trinajstić information content (AvgIpc) is 3.03. The summed E-state index contributed by atoms with van der Waals surface area (Å²) in [4.78, 5) is 14.8. The van der Waals surface area contributed by atoms with Gasteiger partial charge in [0, 0.05) is 5.56 Å². The fraction of sp³-hybridized carbons (Fsp3) is 0.308. The van der Waals surface area contributed by atoms with Gasteiger partial charge in [0.1, 0.15) is 12.4 Å². The van der Waals surface area contributed by atoms with E-state index in [-0.39, 0.29) is 24.2 Å². The number of benzene rings is 1. The fourth-order valence-corrected chi connectivity index (χ4v) is 2.10. The number of rotatable bonds is 3. The molecule has 21 heavy (non-hydrogen) atoms. The largest absolute Gasteiger partial charge is 0.492 e. The van der Waals surface area contributed by atoms with E-state index >= 15 is 0 Å². The topological polar surface area (TPSA) is 65.2 Å². The Bertz CT molecular complexity index is 681. The van der Waals surface area contributed by atoms with E-state index in [0.29, 0.717) is 5.75 Å². The van der Waals surface area contributed by atoms with Gasteiger partial charge in [-0.3, -0.25) is 4.79 Å². The molecule has 0 radical (unpaired) electrons. The summed E-state index contributed by atoms with van der Waals surface area (Å²) in [6.07, 6.45) is -5.86. The highest BCUT2D eigenvalue weighted by Crippen LogP contribution is 2.36. The first kappa shape index (κ1) is 13.6. The number of halogens is 3. The second kappa shape index (κ2) is 4.87. The van der Waals surface area contributed by atoms with E-state index in [4.69, 9.17) is 9.26 Å². The fourth-order valence-electron chi connectivity index (χ4n) is 2.10. The van der Waals surface area contributed by atoms with Gasteiger partial charge in [-0.1, -0.05) is 23.4 Å². The molecule has 1 aliphatic rings. The monoisotopic (exact) mass is 298 g/mol. The minimum absolute atomic E-state index is 0.213. The molecule has 0 fully saturated rings. The minimum atomic E-state index is -4.91. The Hall–Kier alpha value is -2.38. The van der Waals surface area contributed by atoms with Crippen LogP contribution < -0.4 is 4.74 Å². The third-order valence-electron chi connectivity index (χ3n) is 3.12. The number of ketones is 1. The summed E-state index contributed by atoms with van der Waals surface area (Å²) in [5.74, 6) is -1.68. The van der Waals surface area contributed by atoms with Crippen LogP contribution in [0.5, 0.6) is 5.75 Å². The number of hydrogen-bond acceptors (Lipinski definition) is 5. The number of Topliss-reactive ketones (excluding diaryl/α,β-unsaturated/α-hetero) is 1. The van der Waals surface area contributed by atoms with Gasteiger partial charge in [0.15, 0.2) is 5.82 Å². The number of ether oxygens (including phenoxy) is 1. The summed E-state index contributed by atoms with van der Waals surface area (Å²) < 4.78 is 46.7. The highest BCUT2D eigenvalue weighted by atomic mass is 19.4. The maximum atomic E-state index is 12.2. The molecule has 0 aliphatic carbocycles. The van der Waals surface area contributed by atoms with Crippen LogP contribution in [-0.2, 0) is 11.2 Å². The van der Waals surface area contributed by atoms with Crippen LogP contribution in [0, 0.1) is 0 Å². The van der Waals surface area contributed by atoms with Crippen molar-refractivity contribution < 1.29 is 27.2 Å². The zero-order valence-corrected chi connectivity index (χ0v) is 10.6. The number of fused-ring (bicyclic) bond motifs is 1. The molecule has 0 spiro atoms. The number of carbonyl (C=O) groups excluding carboxylic acids is 1. The van der Waals surface area contributed by atoms with Gasteiger partial charge in [-0.15, -0.1) is 0 Å². The maximum absolute atomic E-state index is 12.2. The van der Waals surface area contributed by atoms with Gasteiger partial charge in [-0.05, 0) is 6.07 Å². The van der Waals surface area contributed by atoms with Crippen LogP contribution in [-0.4, -0.2) is 28.7 Å². The molecule has 1 aromatic heterocycles. The molecule has 0 N–H and O–H groups in total. The lowest BCUT2D eigenvalue weighted by Gasteiger charge is -2.02.